The molecule has 0 rings (SSSR count). The van der Waals surface area contributed by atoms with E-state index in [4.69, 9.17) is 14.2 Å². The highest BCUT2D eigenvalue weighted by Gasteiger charge is 2.13. The highest BCUT2D eigenvalue weighted by Crippen LogP contribution is 2.08. The monoisotopic (exact) mass is 246 g/mol. The lowest BCUT2D eigenvalue weighted by Gasteiger charge is -2.23. The lowest BCUT2D eigenvalue weighted by molar-refractivity contribution is -0.0896. The first kappa shape index (κ1) is 16.9. The molecule has 2 atom stereocenters. The van der Waals surface area contributed by atoms with Crippen LogP contribution in [-0.2, 0) is 14.2 Å². The molecule has 0 aliphatic heterocycles. The summed E-state index contributed by atoms with van der Waals surface area (Å²) in [4.78, 5) is 0. The molecule has 3 heteroatoms. The summed E-state index contributed by atoms with van der Waals surface area (Å²) in [6.07, 6.45) is 0.258. The van der Waals surface area contributed by atoms with E-state index in [1.165, 1.54) is 0 Å². The van der Waals surface area contributed by atoms with Crippen LogP contribution in [0.3, 0.4) is 0 Å². The van der Waals surface area contributed by atoms with Crippen LogP contribution in [0.5, 0.6) is 0 Å². The minimum atomic E-state index is -0.0998. The van der Waals surface area contributed by atoms with Crippen LogP contribution in [0.15, 0.2) is 0 Å². The van der Waals surface area contributed by atoms with Gasteiger partial charge in [-0.3, -0.25) is 0 Å². The Bertz CT molecular complexity index is 184. The standard InChI is InChI=1S/C14H30O3/c1-11(2)8-15-12(3)9-16-13(4)10-17-14(5,6)7/h11-13H,8-10H2,1-7H3. The molecule has 17 heavy (non-hydrogen) atoms. The van der Waals surface area contributed by atoms with E-state index in [9.17, 15) is 0 Å². The number of ether oxygens (including phenoxy) is 3. The van der Waals surface area contributed by atoms with Crippen molar-refractivity contribution in [3.63, 3.8) is 0 Å². The third kappa shape index (κ3) is 12.1. The maximum Gasteiger partial charge on any atom is 0.0782 e. The van der Waals surface area contributed by atoms with Crippen molar-refractivity contribution in [1.29, 1.82) is 0 Å². The van der Waals surface area contributed by atoms with Crippen molar-refractivity contribution in [2.24, 2.45) is 5.92 Å². The van der Waals surface area contributed by atoms with Gasteiger partial charge in [0, 0.05) is 6.61 Å². The van der Waals surface area contributed by atoms with Gasteiger partial charge in [-0.1, -0.05) is 13.8 Å². The van der Waals surface area contributed by atoms with Crippen LogP contribution in [-0.4, -0.2) is 37.6 Å². The van der Waals surface area contributed by atoms with E-state index in [2.05, 4.69) is 13.8 Å². The lowest BCUT2D eigenvalue weighted by Crippen LogP contribution is -2.28. The average Bonchev–Trinajstić information content (AvgIpc) is 2.19. The Hall–Kier alpha value is -0.120. The normalized spacial score (nSPS) is 16.2. The van der Waals surface area contributed by atoms with Crippen molar-refractivity contribution in [2.75, 3.05) is 19.8 Å². The molecule has 0 saturated heterocycles. The van der Waals surface area contributed by atoms with E-state index in [0.717, 1.165) is 6.61 Å². The maximum atomic E-state index is 5.68. The zero-order valence-corrected chi connectivity index (χ0v) is 12.6. The van der Waals surface area contributed by atoms with Gasteiger partial charge in [0.25, 0.3) is 0 Å². The fraction of sp³-hybridized carbons (Fsp3) is 1.00. The zero-order valence-electron chi connectivity index (χ0n) is 12.6. The molecule has 0 aliphatic rings. The third-order valence-electron chi connectivity index (χ3n) is 2.08. The van der Waals surface area contributed by atoms with Crippen LogP contribution in [0, 0.1) is 5.92 Å². The molecule has 3 nitrogen and oxygen atoms in total. The van der Waals surface area contributed by atoms with Gasteiger partial charge in [-0.2, -0.15) is 0 Å². The molecule has 0 saturated carbocycles. The van der Waals surface area contributed by atoms with Crippen LogP contribution in [0.25, 0.3) is 0 Å². The Kier molecular flexibility index (Phi) is 8.01. The molecule has 0 aromatic carbocycles. The van der Waals surface area contributed by atoms with Crippen LogP contribution in [0.1, 0.15) is 48.5 Å². The quantitative estimate of drug-likeness (QED) is 0.658. The Morgan fingerprint density at radius 3 is 1.71 bits per heavy atom. The summed E-state index contributed by atoms with van der Waals surface area (Å²) in [5, 5.41) is 0. The Labute approximate surface area is 107 Å². The van der Waals surface area contributed by atoms with E-state index in [1.807, 2.05) is 34.6 Å². The Balaban J connectivity index is 3.58. The topological polar surface area (TPSA) is 27.7 Å². The highest BCUT2D eigenvalue weighted by molar-refractivity contribution is 4.61. The summed E-state index contributed by atoms with van der Waals surface area (Å²) in [6.45, 7) is 16.6. The minimum Gasteiger partial charge on any atom is -0.376 e. The molecule has 0 bridgehead atoms. The molecule has 0 N–H and O–H groups in total. The van der Waals surface area contributed by atoms with Gasteiger partial charge in [0.2, 0.25) is 0 Å². The highest BCUT2D eigenvalue weighted by atomic mass is 16.6. The predicted octanol–water partition coefficient (Wildman–Crippen LogP) is 3.27. The smallest absolute Gasteiger partial charge is 0.0782 e. The van der Waals surface area contributed by atoms with E-state index in [-0.39, 0.29) is 17.8 Å². The molecule has 0 amide bonds. The Morgan fingerprint density at radius 1 is 0.765 bits per heavy atom. The molecule has 0 fully saturated rings. The first-order valence-electron chi connectivity index (χ1n) is 6.58. The molecule has 2 unspecified atom stereocenters. The van der Waals surface area contributed by atoms with Crippen molar-refractivity contribution in [2.45, 2.75) is 66.3 Å². The fourth-order valence-electron chi connectivity index (χ4n) is 1.12. The van der Waals surface area contributed by atoms with Gasteiger partial charge >= 0.3 is 0 Å². The predicted molar refractivity (Wildman–Crippen MR) is 71.4 cm³/mol. The molecule has 0 aromatic rings. The Morgan fingerprint density at radius 2 is 1.24 bits per heavy atom. The van der Waals surface area contributed by atoms with Gasteiger partial charge in [-0.05, 0) is 40.5 Å². The summed E-state index contributed by atoms with van der Waals surface area (Å²) in [6, 6.07) is 0. The lowest BCUT2D eigenvalue weighted by atomic mass is 10.2. The molecule has 0 heterocycles. The molecule has 0 radical (unpaired) electrons. The van der Waals surface area contributed by atoms with E-state index < -0.39 is 0 Å². The van der Waals surface area contributed by atoms with Gasteiger partial charge in [-0.15, -0.1) is 0 Å². The van der Waals surface area contributed by atoms with Crippen LogP contribution >= 0.6 is 0 Å². The fourth-order valence-corrected chi connectivity index (χ4v) is 1.12. The second-order valence-electron chi connectivity index (χ2n) is 6.11. The maximum absolute atomic E-state index is 5.68. The van der Waals surface area contributed by atoms with Crippen molar-refractivity contribution in [1.82, 2.24) is 0 Å². The SMILES string of the molecule is CC(C)COC(C)COC(C)COC(C)(C)C. The molecule has 0 aromatic heterocycles. The number of hydrogen-bond donors (Lipinski definition) is 0. The summed E-state index contributed by atoms with van der Waals surface area (Å²) in [5.74, 6) is 0.569. The molecular formula is C14H30O3. The average molecular weight is 246 g/mol. The largest absolute Gasteiger partial charge is 0.376 e. The third-order valence-corrected chi connectivity index (χ3v) is 2.08. The van der Waals surface area contributed by atoms with Crippen LogP contribution in [0.2, 0.25) is 0 Å². The van der Waals surface area contributed by atoms with Crippen molar-refractivity contribution < 1.29 is 14.2 Å². The molecule has 0 aliphatic carbocycles. The van der Waals surface area contributed by atoms with Crippen molar-refractivity contribution in [3.05, 3.63) is 0 Å². The van der Waals surface area contributed by atoms with Gasteiger partial charge in [0.15, 0.2) is 0 Å². The first-order chi connectivity index (χ1) is 7.70. The molecular weight excluding hydrogens is 216 g/mol. The first-order valence-corrected chi connectivity index (χ1v) is 6.58. The summed E-state index contributed by atoms with van der Waals surface area (Å²) >= 11 is 0. The van der Waals surface area contributed by atoms with E-state index >= 15 is 0 Å². The van der Waals surface area contributed by atoms with Gasteiger partial charge in [0.05, 0.1) is 31.0 Å². The minimum absolute atomic E-state index is 0.0998. The zero-order chi connectivity index (χ0) is 13.5. The van der Waals surface area contributed by atoms with Gasteiger partial charge in [-0.25, -0.2) is 0 Å². The summed E-state index contributed by atoms with van der Waals surface area (Å²) < 4.78 is 17.0. The van der Waals surface area contributed by atoms with Gasteiger partial charge < -0.3 is 14.2 Å². The van der Waals surface area contributed by atoms with Crippen LogP contribution < -0.4 is 0 Å². The van der Waals surface area contributed by atoms with Crippen molar-refractivity contribution >= 4 is 0 Å². The van der Waals surface area contributed by atoms with Crippen LogP contribution in [0.4, 0.5) is 0 Å². The summed E-state index contributed by atoms with van der Waals surface area (Å²) in [7, 11) is 0. The molecule has 104 valence electrons. The summed E-state index contributed by atoms with van der Waals surface area (Å²) in [5.41, 5.74) is -0.0998. The van der Waals surface area contributed by atoms with E-state index in [1.54, 1.807) is 0 Å². The number of hydrogen-bond acceptors (Lipinski definition) is 3. The second-order valence-corrected chi connectivity index (χ2v) is 6.11. The number of rotatable bonds is 8. The molecule has 0 spiro atoms. The van der Waals surface area contributed by atoms with E-state index in [0.29, 0.717) is 19.1 Å². The van der Waals surface area contributed by atoms with Gasteiger partial charge in [0.1, 0.15) is 0 Å². The second kappa shape index (κ2) is 8.06. The van der Waals surface area contributed by atoms with Crippen molar-refractivity contribution in [3.8, 4) is 0 Å².